The molecule has 0 atom stereocenters. The Hall–Kier alpha value is -3.95. The Labute approximate surface area is 230 Å². The number of hydrogen-bond acceptors (Lipinski definition) is 7. The number of carbonyl (C=O) groups excluding carboxylic acids is 2. The smallest absolute Gasteiger partial charge is 0.264 e. The third-order valence-corrected chi connectivity index (χ3v) is 6.46. The number of nitrogens with zero attached hydrogens (tertiary/aromatic N) is 1. The molecule has 1 aliphatic rings. The van der Waals surface area contributed by atoms with E-state index in [0.717, 1.165) is 11.3 Å². The van der Waals surface area contributed by atoms with Gasteiger partial charge in [-0.3, -0.25) is 9.59 Å². The van der Waals surface area contributed by atoms with E-state index in [1.807, 2.05) is 38.1 Å². The summed E-state index contributed by atoms with van der Waals surface area (Å²) in [6, 6.07) is 18.0. The van der Waals surface area contributed by atoms with Crippen LogP contribution < -0.4 is 24.8 Å². The van der Waals surface area contributed by atoms with Crippen LogP contribution in [0.5, 0.6) is 17.2 Å². The number of carbonyl (C=O) groups is 2. The lowest BCUT2D eigenvalue weighted by molar-refractivity contribution is -0.118. The van der Waals surface area contributed by atoms with Gasteiger partial charge in [-0.1, -0.05) is 29.3 Å². The van der Waals surface area contributed by atoms with Crippen molar-refractivity contribution >= 4 is 57.8 Å². The van der Waals surface area contributed by atoms with Gasteiger partial charge in [-0.2, -0.15) is 0 Å². The van der Waals surface area contributed by atoms with Crippen molar-refractivity contribution in [2.24, 2.45) is 4.99 Å². The molecule has 1 aliphatic heterocycles. The van der Waals surface area contributed by atoms with Gasteiger partial charge in [0.15, 0.2) is 23.3 Å². The highest BCUT2D eigenvalue weighted by Gasteiger charge is 2.24. The number of thioether (sulfide) groups is 1. The summed E-state index contributed by atoms with van der Waals surface area (Å²) in [4.78, 5) is 29.9. The van der Waals surface area contributed by atoms with Crippen molar-refractivity contribution in [1.82, 2.24) is 5.32 Å². The minimum absolute atomic E-state index is 0.250. The zero-order valence-electron chi connectivity index (χ0n) is 21.0. The number of methoxy groups -OCH3 is 1. The summed E-state index contributed by atoms with van der Waals surface area (Å²) in [7, 11) is 1.59. The van der Waals surface area contributed by atoms with Crippen LogP contribution in [0.25, 0.3) is 6.08 Å². The number of benzene rings is 3. The molecule has 0 unspecified atom stereocenters. The van der Waals surface area contributed by atoms with Crippen LogP contribution in [0, 0.1) is 6.92 Å². The quantitative estimate of drug-likeness (QED) is 0.318. The van der Waals surface area contributed by atoms with Gasteiger partial charge in [0.2, 0.25) is 0 Å². The maximum Gasteiger partial charge on any atom is 0.264 e. The molecule has 0 spiro atoms. The van der Waals surface area contributed by atoms with Crippen LogP contribution in [0.15, 0.2) is 70.6 Å². The number of aliphatic imine (C=N–C) groups is 1. The van der Waals surface area contributed by atoms with Crippen molar-refractivity contribution in [3.63, 3.8) is 0 Å². The van der Waals surface area contributed by atoms with E-state index in [9.17, 15) is 9.59 Å². The van der Waals surface area contributed by atoms with Crippen LogP contribution in [0.4, 0.5) is 11.4 Å². The molecule has 3 aromatic carbocycles. The van der Waals surface area contributed by atoms with Crippen molar-refractivity contribution in [3.8, 4) is 17.2 Å². The highest BCUT2D eigenvalue weighted by molar-refractivity contribution is 8.18. The van der Waals surface area contributed by atoms with Crippen molar-refractivity contribution in [3.05, 3.63) is 81.7 Å². The number of hydrogen-bond donors (Lipinski definition) is 2. The molecule has 8 nitrogen and oxygen atoms in total. The predicted molar refractivity (Wildman–Crippen MR) is 152 cm³/mol. The van der Waals surface area contributed by atoms with Crippen LogP contribution >= 0.6 is 23.4 Å². The fourth-order valence-electron chi connectivity index (χ4n) is 3.45. The number of rotatable bonds is 9. The molecular formula is C28H26ClN3O5S. The molecule has 0 bridgehead atoms. The molecule has 0 radical (unpaired) electrons. The van der Waals surface area contributed by atoms with Crippen molar-refractivity contribution < 1.29 is 23.8 Å². The molecule has 2 amide bonds. The summed E-state index contributed by atoms with van der Waals surface area (Å²) in [5.41, 5.74) is 3.09. The van der Waals surface area contributed by atoms with Crippen LogP contribution in [0.3, 0.4) is 0 Å². The molecule has 2 N–H and O–H groups in total. The zero-order chi connectivity index (χ0) is 27.1. The van der Waals surface area contributed by atoms with E-state index < -0.39 is 0 Å². The van der Waals surface area contributed by atoms with Gasteiger partial charge in [0.25, 0.3) is 11.8 Å². The van der Waals surface area contributed by atoms with Gasteiger partial charge in [0, 0.05) is 5.69 Å². The molecule has 1 fully saturated rings. The monoisotopic (exact) mass is 551 g/mol. The first kappa shape index (κ1) is 27.1. The van der Waals surface area contributed by atoms with E-state index in [1.165, 1.54) is 11.8 Å². The molecule has 0 aliphatic carbocycles. The number of ether oxygens (including phenoxy) is 3. The Morgan fingerprint density at radius 1 is 1.11 bits per heavy atom. The lowest BCUT2D eigenvalue weighted by Crippen LogP contribution is -2.20. The molecule has 38 heavy (non-hydrogen) atoms. The number of amidine groups is 1. The molecule has 1 saturated heterocycles. The van der Waals surface area contributed by atoms with Crippen LogP contribution in [0.1, 0.15) is 18.1 Å². The molecule has 0 aromatic heterocycles. The molecule has 3 aromatic rings. The summed E-state index contributed by atoms with van der Waals surface area (Å²) in [6.07, 6.45) is 1.69. The number of halogens is 1. The third-order valence-electron chi connectivity index (χ3n) is 5.27. The van der Waals surface area contributed by atoms with E-state index in [2.05, 4.69) is 15.6 Å². The van der Waals surface area contributed by atoms with E-state index in [1.54, 1.807) is 49.6 Å². The number of anilines is 1. The highest BCUT2D eigenvalue weighted by Crippen LogP contribution is 2.38. The standard InChI is InChI=1S/C28H26ClN3O5S/c1-4-36-23-14-18(13-22(29)26(23)37-16-25(33)30-19-7-5-17(2)6-8-19)15-24-27(34)32-28(38-24)31-20-9-11-21(35-3)12-10-20/h5-15H,4,16H2,1-3H3,(H,30,33)(H,31,32,34)/b24-15+. The van der Waals surface area contributed by atoms with E-state index in [-0.39, 0.29) is 29.2 Å². The number of amides is 2. The number of aryl methyl sites for hydroxylation is 1. The highest BCUT2D eigenvalue weighted by atomic mass is 35.5. The molecule has 196 valence electrons. The van der Waals surface area contributed by atoms with Gasteiger partial charge < -0.3 is 24.8 Å². The normalized spacial score (nSPS) is 14.9. The average Bonchev–Trinajstić information content (AvgIpc) is 3.23. The second-order valence-corrected chi connectivity index (χ2v) is 9.58. The van der Waals surface area contributed by atoms with Crippen molar-refractivity contribution in [1.29, 1.82) is 0 Å². The SMILES string of the molecule is CCOc1cc(/C=C2/SC(=Nc3ccc(OC)cc3)NC2=O)cc(Cl)c1OCC(=O)Nc1ccc(C)cc1. The average molecular weight is 552 g/mol. The second-order valence-electron chi connectivity index (χ2n) is 8.15. The Morgan fingerprint density at radius 3 is 2.53 bits per heavy atom. The van der Waals surface area contributed by atoms with E-state index >= 15 is 0 Å². The van der Waals surface area contributed by atoms with Gasteiger partial charge in [0.1, 0.15) is 5.75 Å². The van der Waals surface area contributed by atoms with Crippen LogP contribution in [-0.4, -0.2) is 37.3 Å². The summed E-state index contributed by atoms with van der Waals surface area (Å²) in [6.45, 7) is 3.90. The Morgan fingerprint density at radius 2 is 1.84 bits per heavy atom. The maximum atomic E-state index is 12.6. The van der Waals surface area contributed by atoms with Gasteiger partial charge in [-0.15, -0.1) is 0 Å². The predicted octanol–water partition coefficient (Wildman–Crippen LogP) is 5.96. The van der Waals surface area contributed by atoms with Crippen molar-refractivity contribution in [2.75, 3.05) is 25.6 Å². The van der Waals surface area contributed by atoms with Gasteiger partial charge in [-0.25, -0.2) is 4.99 Å². The maximum absolute atomic E-state index is 12.6. The molecular weight excluding hydrogens is 526 g/mol. The lowest BCUT2D eigenvalue weighted by Gasteiger charge is -2.14. The summed E-state index contributed by atoms with van der Waals surface area (Å²) >= 11 is 7.72. The molecule has 1 heterocycles. The van der Waals surface area contributed by atoms with Gasteiger partial charge in [0.05, 0.1) is 29.3 Å². The molecule has 4 rings (SSSR count). The Balaban J connectivity index is 1.47. The first-order valence-electron chi connectivity index (χ1n) is 11.7. The van der Waals surface area contributed by atoms with Gasteiger partial charge >= 0.3 is 0 Å². The summed E-state index contributed by atoms with van der Waals surface area (Å²) < 4.78 is 16.6. The largest absolute Gasteiger partial charge is 0.497 e. The first-order valence-corrected chi connectivity index (χ1v) is 12.9. The first-order chi connectivity index (χ1) is 18.3. The van der Waals surface area contributed by atoms with Crippen molar-refractivity contribution in [2.45, 2.75) is 13.8 Å². The Bertz CT molecular complexity index is 1390. The zero-order valence-corrected chi connectivity index (χ0v) is 22.6. The minimum Gasteiger partial charge on any atom is -0.497 e. The molecule has 10 heteroatoms. The van der Waals surface area contributed by atoms with Crippen LogP contribution in [0.2, 0.25) is 5.02 Å². The second kappa shape index (κ2) is 12.5. The fraction of sp³-hybridized carbons (Fsp3) is 0.179. The Kier molecular flexibility index (Phi) is 8.93. The van der Waals surface area contributed by atoms with E-state index in [4.69, 9.17) is 25.8 Å². The lowest BCUT2D eigenvalue weighted by atomic mass is 10.2. The fourth-order valence-corrected chi connectivity index (χ4v) is 4.57. The van der Waals surface area contributed by atoms with E-state index in [0.29, 0.717) is 39.4 Å². The summed E-state index contributed by atoms with van der Waals surface area (Å²) in [5, 5.41) is 6.26. The van der Waals surface area contributed by atoms with Gasteiger partial charge in [-0.05, 0) is 85.8 Å². The topological polar surface area (TPSA) is 98.2 Å². The summed E-state index contributed by atoms with van der Waals surface area (Å²) in [5.74, 6) is 0.732. The third kappa shape index (κ3) is 7.08. The number of nitrogens with one attached hydrogen (secondary N) is 2. The van der Waals surface area contributed by atoms with Crippen LogP contribution in [-0.2, 0) is 9.59 Å². The molecule has 0 saturated carbocycles. The minimum atomic E-state index is -0.332.